The summed E-state index contributed by atoms with van der Waals surface area (Å²) in [6.07, 6.45) is 1.44. The van der Waals surface area contributed by atoms with Crippen LogP contribution in [0.25, 0.3) is 0 Å². The van der Waals surface area contributed by atoms with E-state index in [0.717, 1.165) is 12.0 Å². The largest absolute Gasteiger partial charge is 0.447 e. The van der Waals surface area contributed by atoms with E-state index >= 15 is 0 Å². The molecule has 0 aliphatic carbocycles. The molecule has 0 spiro atoms. The molecule has 2 amide bonds. The van der Waals surface area contributed by atoms with Crippen LogP contribution in [0.2, 0.25) is 0 Å². The van der Waals surface area contributed by atoms with Crippen molar-refractivity contribution < 1.29 is 19.1 Å². The van der Waals surface area contributed by atoms with Crippen LogP contribution < -0.4 is 0 Å². The van der Waals surface area contributed by atoms with Crippen LogP contribution in [0.3, 0.4) is 0 Å². The Balaban J connectivity index is 1.71. The molecular weight excluding hydrogens is 344 g/mol. The summed E-state index contributed by atoms with van der Waals surface area (Å²) in [7, 11) is 0. The lowest BCUT2D eigenvalue weighted by molar-refractivity contribution is -0.133. The smallest absolute Gasteiger partial charge is 0.416 e. The summed E-state index contributed by atoms with van der Waals surface area (Å²) in [5.41, 5.74) is 0.842. The van der Waals surface area contributed by atoms with Gasteiger partial charge in [0.05, 0.1) is 30.2 Å². The van der Waals surface area contributed by atoms with Crippen molar-refractivity contribution in [3.05, 3.63) is 35.9 Å². The predicted molar refractivity (Wildman–Crippen MR) is 98.6 cm³/mol. The third-order valence-corrected chi connectivity index (χ3v) is 5.31. The molecule has 0 bridgehead atoms. The maximum Gasteiger partial charge on any atom is 0.416 e. The van der Waals surface area contributed by atoms with Crippen LogP contribution in [0.5, 0.6) is 0 Å². The standard InChI is InChI=1S/C21H26N2O4/c1-21(2)12-16(13-27-21)10-17(8-9-22)19(24)23-18(14-26-20(23)25)11-15-6-4-3-5-7-15/h3-7,16-18H,8,10-14H2,1-2H3/t16-,17+,18+/m1/s1. The summed E-state index contributed by atoms with van der Waals surface area (Å²) in [5, 5.41) is 9.20. The van der Waals surface area contributed by atoms with Gasteiger partial charge in [-0.15, -0.1) is 0 Å². The normalized spacial score (nSPS) is 25.1. The van der Waals surface area contributed by atoms with Crippen LogP contribution in [0.15, 0.2) is 30.3 Å². The van der Waals surface area contributed by atoms with Gasteiger partial charge in [0.2, 0.25) is 5.91 Å². The third-order valence-electron chi connectivity index (χ3n) is 5.31. The highest BCUT2D eigenvalue weighted by atomic mass is 16.6. The number of carbonyl (C=O) groups excluding carboxylic acids is 2. The fraction of sp³-hybridized carbons (Fsp3) is 0.571. The first kappa shape index (κ1) is 19.4. The summed E-state index contributed by atoms with van der Waals surface area (Å²) < 4.78 is 10.9. The number of cyclic esters (lactones) is 1. The number of rotatable bonds is 6. The second-order valence-corrected chi connectivity index (χ2v) is 8.06. The van der Waals surface area contributed by atoms with Crippen molar-refractivity contribution in [2.75, 3.05) is 13.2 Å². The van der Waals surface area contributed by atoms with Gasteiger partial charge < -0.3 is 9.47 Å². The van der Waals surface area contributed by atoms with Gasteiger partial charge in [-0.2, -0.15) is 5.26 Å². The van der Waals surface area contributed by atoms with Crippen molar-refractivity contribution in [1.82, 2.24) is 4.90 Å². The number of imide groups is 1. The molecule has 6 nitrogen and oxygen atoms in total. The highest BCUT2D eigenvalue weighted by molar-refractivity contribution is 5.95. The highest BCUT2D eigenvalue weighted by Crippen LogP contribution is 2.34. The first-order chi connectivity index (χ1) is 12.9. The molecule has 0 aromatic heterocycles. The topological polar surface area (TPSA) is 79.6 Å². The molecule has 6 heteroatoms. The monoisotopic (exact) mass is 370 g/mol. The fourth-order valence-electron chi connectivity index (χ4n) is 4.06. The van der Waals surface area contributed by atoms with Gasteiger partial charge in [-0.25, -0.2) is 9.69 Å². The van der Waals surface area contributed by atoms with Crippen LogP contribution >= 0.6 is 0 Å². The molecule has 2 saturated heterocycles. The molecule has 1 aromatic carbocycles. The Hall–Kier alpha value is -2.39. The first-order valence-corrected chi connectivity index (χ1v) is 9.44. The Morgan fingerprint density at radius 1 is 1.33 bits per heavy atom. The van der Waals surface area contributed by atoms with Crippen molar-refractivity contribution in [1.29, 1.82) is 5.26 Å². The first-order valence-electron chi connectivity index (χ1n) is 9.44. The molecule has 1 aromatic rings. The second-order valence-electron chi connectivity index (χ2n) is 8.06. The fourth-order valence-corrected chi connectivity index (χ4v) is 4.06. The summed E-state index contributed by atoms with van der Waals surface area (Å²) in [4.78, 5) is 26.6. The van der Waals surface area contributed by atoms with Crippen molar-refractivity contribution in [3.8, 4) is 6.07 Å². The zero-order valence-corrected chi connectivity index (χ0v) is 15.9. The Morgan fingerprint density at radius 2 is 2.07 bits per heavy atom. The van der Waals surface area contributed by atoms with Crippen molar-refractivity contribution >= 4 is 12.0 Å². The average molecular weight is 370 g/mol. The van der Waals surface area contributed by atoms with Gasteiger partial charge >= 0.3 is 6.09 Å². The van der Waals surface area contributed by atoms with Crippen LogP contribution in [-0.2, 0) is 20.7 Å². The lowest BCUT2D eigenvalue weighted by Crippen LogP contribution is -2.44. The van der Waals surface area contributed by atoms with Crippen LogP contribution in [-0.4, -0.2) is 41.8 Å². The van der Waals surface area contributed by atoms with E-state index in [4.69, 9.17) is 9.47 Å². The number of carbonyl (C=O) groups is 2. The SMILES string of the molecule is CC1(C)C[C@@H](C[C@H](CC#N)C(=O)N2C(=O)OC[C@@H]2Cc2ccccc2)CO1. The number of hydrogen-bond donors (Lipinski definition) is 0. The van der Waals surface area contributed by atoms with Gasteiger partial charge in [-0.3, -0.25) is 4.79 Å². The van der Waals surface area contributed by atoms with Crippen molar-refractivity contribution in [3.63, 3.8) is 0 Å². The number of amides is 2. The quantitative estimate of drug-likeness (QED) is 0.767. The lowest BCUT2D eigenvalue weighted by atomic mass is 9.87. The van der Waals surface area contributed by atoms with E-state index in [-0.39, 0.29) is 36.5 Å². The van der Waals surface area contributed by atoms with Crippen LogP contribution in [0.1, 0.15) is 38.7 Å². The van der Waals surface area contributed by atoms with Crippen LogP contribution in [0, 0.1) is 23.2 Å². The Bertz CT molecular complexity index is 725. The highest BCUT2D eigenvalue weighted by Gasteiger charge is 2.42. The van der Waals surface area contributed by atoms with Crippen molar-refractivity contribution in [2.45, 2.75) is 51.2 Å². The number of nitrogens with zero attached hydrogens (tertiary/aromatic N) is 2. The number of benzene rings is 1. The van der Waals surface area contributed by atoms with Gasteiger partial charge in [-0.05, 0) is 44.6 Å². The van der Waals surface area contributed by atoms with Gasteiger partial charge in [0.1, 0.15) is 6.61 Å². The number of nitriles is 1. The van der Waals surface area contributed by atoms with Gasteiger partial charge in [0.25, 0.3) is 0 Å². The zero-order chi connectivity index (χ0) is 19.4. The maximum atomic E-state index is 13.1. The number of hydrogen-bond acceptors (Lipinski definition) is 5. The molecule has 2 heterocycles. The van der Waals surface area contributed by atoms with E-state index in [0.29, 0.717) is 19.4 Å². The van der Waals surface area contributed by atoms with Gasteiger partial charge in [0.15, 0.2) is 0 Å². The van der Waals surface area contributed by atoms with Gasteiger partial charge in [0, 0.05) is 6.42 Å². The molecule has 0 unspecified atom stereocenters. The minimum absolute atomic E-state index is 0.0948. The molecule has 27 heavy (non-hydrogen) atoms. The summed E-state index contributed by atoms with van der Waals surface area (Å²) in [5.74, 6) is -0.598. The molecule has 3 rings (SSSR count). The van der Waals surface area contributed by atoms with E-state index < -0.39 is 12.0 Å². The Labute approximate surface area is 160 Å². The van der Waals surface area contributed by atoms with E-state index in [9.17, 15) is 14.9 Å². The molecule has 2 fully saturated rings. The zero-order valence-electron chi connectivity index (χ0n) is 15.9. The minimum atomic E-state index is -0.605. The summed E-state index contributed by atoms with van der Waals surface area (Å²) in [6.45, 7) is 4.84. The molecular formula is C21H26N2O4. The van der Waals surface area contributed by atoms with Gasteiger partial charge in [-0.1, -0.05) is 30.3 Å². The molecule has 2 aliphatic heterocycles. The van der Waals surface area contributed by atoms with E-state index in [1.54, 1.807) is 0 Å². The Morgan fingerprint density at radius 3 is 2.70 bits per heavy atom. The van der Waals surface area contributed by atoms with Crippen LogP contribution in [0.4, 0.5) is 4.79 Å². The summed E-state index contributed by atoms with van der Waals surface area (Å²) in [6, 6.07) is 11.5. The third kappa shape index (κ3) is 4.67. The van der Waals surface area contributed by atoms with Crippen molar-refractivity contribution in [2.24, 2.45) is 11.8 Å². The molecule has 0 radical (unpaired) electrons. The molecule has 3 atom stereocenters. The van der Waals surface area contributed by atoms with E-state index in [2.05, 4.69) is 6.07 Å². The molecule has 144 valence electrons. The maximum absolute atomic E-state index is 13.1. The summed E-state index contributed by atoms with van der Waals surface area (Å²) >= 11 is 0. The molecule has 0 N–H and O–H groups in total. The predicted octanol–water partition coefficient (Wildman–Crippen LogP) is 3.31. The second kappa shape index (κ2) is 8.10. The molecule has 2 aliphatic rings. The minimum Gasteiger partial charge on any atom is -0.447 e. The number of ether oxygens (including phenoxy) is 2. The van der Waals surface area contributed by atoms with E-state index in [1.807, 2.05) is 44.2 Å². The Kier molecular flexibility index (Phi) is 5.81. The van der Waals surface area contributed by atoms with E-state index in [1.165, 1.54) is 4.90 Å². The lowest BCUT2D eigenvalue weighted by Gasteiger charge is -2.25. The average Bonchev–Trinajstić information content (AvgIpc) is 3.16. The molecule has 0 saturated carbocycles.